The second-order valence-corrected chi connectivity index (χ2v) is 6.31. The molecule has 0 aliphatic heterocycles. The first-order valence-electron chi connectivity index (χ1n) is 8.28. The van der Waals surface area contributed by atoms with Crippen LogP contribution < -0.4 is 5.32 Å². The zero-order valence-electron chi connectivity index (χ0n) is 13.6. The molecule has 0 unspecified atom stereocenters. The first kappa shape index (κ1) is 17.3. The van der Waals surface area contributed by atoms with E-state index in [1.165, 1.54) is 0 Å². The van der Waals surface area contributed by atoms with Gasteiger partial charge in [0.05, 0.1) is 0 Å². The van der Waals surface area contributed by atoms with Gasteiger partial charge in [0, 0.05) is 0 Å². The van der Waals surface area contributed by atoms with E-state index in [1.807, 2.05) is 30.3 Å². The summed E-state index contributed by atoms with van der Waals surface area (Å²) in [5, 5.41) is 12.2. The third kappa shape index (κ3) is 4.71. The number of amides is 1. The molecule has 0 bridgehead atoms. The fourth-order valence-corrected chi connectivity index (χ4v) is 3.21. The van der Waals surface area contributed by atoms with Crippen LogP contribution in [-0.4, -0.2) is 22.7 Å². The number of carboxylic acid groups (broad SMARTS) is 1. The Morgan fingerprint density at radius 3 is 2.48 bits per heavy atom. The molecule has 5 heteroatoms. The fourth-order valence-electron chi connectivity index (χ4n) is 3.21. The quantitative estimate of drug-likeness (QED) is 0.838. The third-order valence-electron chi connectivity index (χ3n) is 4.62. The summed E-state index contributed by atoms with van der Waals surface area (Å²) in [7, 11) is 0. The summed E-state index contributed by atoms with van der Waals surface area (Å²) in [6.07, 6.45) is 4.16. The highest BCUT2D eigenvalue weighted by Gasteiger charge is 2.43. The highest BCUT2D eigenvalue weighted by atomic mass is 16.5. The van der Waals surface area contributed by atoms with E-state index in [2.05, 4.69) is 12.2 Å². The fraction of sp³-hybridized carbons (Fsp3) is 0.556. The minimum atomic E-state index is -1.18. The lowest BCUT2D eigenvalue weighted by Crippen LogP contribution is -2.56. The minimum absolute atomic E-state index is 0.140. The van der Waals surface area contributed by atoms with Crippen molar-refractivity contribution in [2.24, 2.45) is 5.92 Å². The predicted octanol–water partition coefficient (Wildman–Crippen LogP) is 3.73. The van der Waals surface area contributed by atoms with Crippen LogP contribution in [0.25, 0.3) is 0 Å². The molecule has 5 nitrogen and oxygen atoms in total. The number of carbonyl (C=O) groups excluding carboxylic acids is 1. The van der Waals surface area contributed by atoms with Crippen molar-refractivity contribution in [3.8, 4) is 0 Å². The van der Waals surface area contributed by atoms with Crippen LogP contribution in [0.2, 0.25) is 0 Å². The Morgan fingerprint density at radius 1 is 1.26 bits per heavy atom. The topological polar surface area (TPSA) is 75.6 Å². The van der Waals surface area contributed by atoms with E-state index in [-0.39, 0.29) is 6.61 Å². The maximum absolute atomic E-state index is 12.0. The lowest BCUT2D eigenvalue weighted by molar-refractivity contribution is -0.146. The molecule has 1 saturated carbocycles. The van der Waals surface area contributed by atoms with E-state index in [9.17, 15) is 14.7 Å². The molecule has 0 aromatic heterocycles. The predicted molar refractivity (Wildman–Crippen MR) is 87.0 cm³/mol. The first-order chi connectivity index (χ1) is 11.1. The number of alkyl carbamates (subject to hydrolysis) is 1. The van der Waals surface area contributed by atoms with Gasteiger partial charge in [0.25, 0.3) is 0 Å². The van der Waals surface area contributed by atoms with Crippen molar-refractivity contribution in [2.45, 2.75) is 57.6 Å². The monoisotopic (exact) mass is 319 g/mol. The van der Waals surface area contributed by atoms with Gasteiger partial charge in [0.2, 0.25) is 0 Å². The Bertz CT molecular complexity index is 521. The van der Waals surface area contributed by atoms with Gasteiger partial charge in [-0.1, -0.05) is 50.1 Å². The molecule has 1 aliphatic carbocycles. The molecule has 126 valence electrons. The molecule has 2 rings (SSSR count). The zero-order chi connectivity index (χ0) is 16.7. The normalized spacial score (nSPS) is 24.0. The van der Waals surface area contributed by atoms with Crippen LogP contribution in [0.15, 0.2) is 30.3 Å². The van der Waals surface area contributed by atoms with Crippen LogP contribution in [0, 0.1) is 5.92 Å². The highest BCUT2D eigenvalue weighted by Crippen LogP contribution is 2.34. The molecule has 23 heavy (non-hydrogen) atoms. The summed E-state index contributed by atoms with van der Waals surface area (Å²) in [6.45, 7) is 2.28. The van der Waals surface area contributed by atoms with Crippen molar-refractivity contribution < 1.29 is 19.4 Å². The van der Waals surface area contributed by atoms with Crippen LogP contribution in [0.3, 0.4) is 0 Å². The van der Waals surface area contributed by atoms with Crippen molar-refractivity contribution in [1.29, 1.82) is 0 Å². The van der Waals surface area contributed by atoms with Crippen LogP contribution >= 0.6 is 0 Å². The smallest absolute Gasteiger partial charge is 0.408 e. The Balaban J connectivity index is 1.89. The SMILES string of the molecule is CCCC1CCC(NC(=O)OCc2ccccc2)(C(=O)O)CC1. The third-order valence-corrected chi connectivity index (χ3v) is 4.62. The molecule has 0 saturated heterocycles. The van der Waals surface area contributed by atoms with Gasteiger partial charge in [-0.2, -0.15) is 0 Å². The van der Waals surface area contributed by atoms with Gasteiger partial charge >= 0.3 is 12.1 Å². The molecular weight excluding hydrogens is 294 g/mol. The number of carboxylic acids is 1. The average molecular weight is 319 g/mol. The summed E-state index contributed by atoms with van der Waals surface area (Å²) in [5.74, 6) is -0.404. The maximum atomic E-state index is 12.0. The number of benzene rings is 1. The number of hydrogen-bond acceptors (Lipinski definition) is 3. The van der Waals surface area contributed by atoms with Crippen LogP contribution in [-0.2, 0) is 16.1 Å². The van der Waals surface area contributed by atoms with Crippen molar-refractivity contribution in [2.75, 3.05) is 0 Å². The average Bonchev–Trinajstić information content (AvgIpc) is 2.56. The van der Waals surface area contributed by atoms with Gasteiger partial charge < -0.3 is 15.2 Å². The van der Waals surface area contributed by atoms with E-state index in [0.717, 1.165) is 31.2 Å². The van der Waals surface area contributed by atoms with Crippen LogP contribution in [0.4, 0.5) is 4.79 Å². The highest BCUT2D eigenvalue weighted by molar-refractivity contribution is 5.84. The number of aliphatic carboxylic acids is 1. The lowest BCUT2D eigenvalue weighted by atomic mass is 9.75. The Morgan fingerprint density at radius 2 is 1.91 bits per heavy atom. The summed E-state index contributed by atoms with van der Waals surface area (Å²) >= 11 is 0. The van der Waals surface area contributed by atoms with Gasteiger partial charge in [-0.25, -0.2) is 9.59 Å². The minimum Gasteiger partial charge on any atom is -0.480 e. The Hall–Kier alpha value is -2.04. The molecular formula is C18H25NO4. The Kier molecular flexibility index (Phi) is 6.02. The number of carbonyl (C=O) groups is 2. The maximum Gasteiger partial charge on any atom is 0.408 e. The van der Waals surface area contributed by atoms with Gasteiger partial charge in [0.15, 0.2) is 0 Å². The van der Waals surface area contributed by atoms with Gasteiger partial charge in [-0.3, -0.25) is 0 Å². The summed E-state index contributed by atoms with van der Waals surface area (Å²) in [4.78, 5) is 23.7. The van der Waals surface area contributed by atoms with E-state index in [1.54, 1.807) is 0 Å². The summed E-state index contributed by atoms with van der Waals surface area (Å²) in [6, 6.07) is 9.33. The van der Waals surface area contributed by atoms with Gasteiger partial charge in [-0.05, 0) is 37.2 Å². The standard InChI is InChI=1S/C18H25NO4/c1-2-6-14-9-11-18(12-10-14,16(20)21)19-17(22)23-13-15-7-4-3-5-8-15/h3-5,7-8,14H,2,6,9-13H2,1H3,(H,19,22)(H,20,21). The number of rotatable bonds is 6. The molecule has 0 atom stereocenters. The zero-order valence-corrected chi connectivity index (χ0v) is 13.6. The molecule has 1 aliphatic rings. The molecule has 1 fully saturated rings. The molecule has 2 N–H and O–H groups in total. The molecule has 1 aromatic carbocycles. The molecule has 0 spiro atoms. The van der Waals surface area contributed by atoms with Crippen molar-refractivity contribution >= 4 is 12.1 Å². The Labute approximate surface area is 137 Å². The van der Waals surface area contributed by atoms with Crippen LogP contribution in [0.1, 0.15) is 51.0 Å². The van der Waals surface area contributed by atoms with Crippen LogP contribution in [0.5, 0.6) is 0 Å². The molecule has 0 heterocycles. The lowest BCUT2D eigenvalue weighted by Gasteiger charge is -2.37. The molecule has 1 aromatic rings. The van der Waals surface area contributed by atoms with E-state index in [4.69, 9.17) is 4.74 Å². The van der Waals surface area contributed by atoms with Gasteiger partial charge in [-0.15, -0.1) is 0 Å². The number of nitrogens with one attached hydrogen (secondary N) is 1. The van der Waals surface area contributed by atoms with Gasteiger partial charge in [0.1, 0.15) is 12.1 Å². The number of hydrogen-bond donors (Lipinski definition) is 2. The van der Waals surface area contributed by atoms with Crippen molar-refractivity contribution in [3.63, 3.8) is 0 Å². The summed E-state index contributed by atoms with van der Waals surface area (Å²) < 4.78 is 5.17. The largest absolute Gasteiger partial charge is 0.480 e. The van der Waals surface area contributed by atoms with E-state index in [0.29, 0.717) is 18.8 Å². The summed E-state index contributed by atoms with van der Waals surface area (Å²) in [5.41, 5.74) is -0.309. The van der Waals surface area contributed by atoms with Crippen molar-refractivity contribution in [1.82, 2.24) is 5.32 Å². The van der Waals surface area contributed by atoms with E-state index >= 15 is 0 Å². The molecule has 0 radical (unpaired) electrons. The van der Waals surface area contributed by atoms with Crippen molar-refractivity contribution in [3.05, 3.63) is 35.9 Å². The second-order valence-electron chi connectivity index (χ2n) is 6.31. The number of ether oxygens (including phenoxy) is 1. The first-order valence-corrected chi connectivity index (χ1v) is 8.28. The van der Waals surface area contributed by atoms with E-state index < -0.39 is 17.6 Å². The second kappa shape index (κ2) is 7.99. The molecule has 1 amide bonds.